The van der Waals surface area contributed by atoms with Gasteiger partial charge in [0.25, 0.3) is 0 Å². The lowest BCUT2D eigenvalue weighted by Gasteiger charge is -2.34. The fourth-order valence-electron chi connectivity index (χ4n) is 2.59. The number of hydrogen-bond acceptors (Lipinski definition) is 3. The maximum Gasteiger partial charge on any atom is 0.113 e. The van der Waals surface area contributed by atoms with Crippen LogP contribution in [0.1, 0.15) is 38.9 Å². The van der Waals surface area contributed by atoms with Gasteiger partial charge in [-0.05, 0) is 43.9 Å². The Bertz CT molecular complexity index is 312. The molecule has 3 atom stereocenters. The van der Waals surface area contributed by atoms with Crippen molar-refractivity contribution in [1.29, 1.82) is 0 Å². The molecule has 1 aromatic heterocycles. The van der Waals surface area contributed by atoms with Crippen molar-refractivity contribution in [2.45, 2.75) is 50.2 Å². The molecule has 0 saturated heterocycles. The molecule has 1 aliphatic rings. The van der Waals surface area contributed by atoms with Crippen molar-refractivity contribution in [2.75, 3.05) is 6.54 Å². The average Bonchev–Trinajstić information content (AvgIpc) is 2.82. The molecule has 3 unspecified atom stereocenters. The first-order valence-electron chi connectivity index (χ1n) is 6.67. The van der Waals surface area contributed by atoms with Gasteiger partial charge in [-0.2, -0.15) is 0 Å². The van der Waals surface area contributed by atoms with Gasteiger partial charge in [-0.1, -0.05) is 13.8 Å². The molecule has 2 rings (SSSR count). The molecule has 1 aliphatic carbocycles. The minimum atomic E-state index is 0.691. The van der Waals surface area contributed by atoms with Crippen LogP contribution < -0.4 is 5.32 Å². The summed E-state index contributed by atoms with van der Waals surface area (Å²) in [6.45, 7) is 5.66. The molecule has 0 bridgehead atoms. The third-order valence-corrected chi connectivity index (χ3v) is 4.94. The lowest BCUT2D eigenvalue weighted by Crippen LogP contribution is -2.42. The van der Waals surface area contributed by atoms with E-state index in [-0.39, 0.29) is 0 Å². The molecule has 0 amide bonds. The largest absolute Gasteiger partial charge is 0.468 e. The van der Waals surface area contributed by atoms with Crippen LogP contribution in [0.4, 0.5) is 0 Å². The topological polar surface area (TPSA) is 25.2 Å². The quantitative estimate of drug-likeness (QED) is 0.866. The summed E-state index contributed by atoms with van der Waals surface area (Å²) < 4.78 is 5.41. The smallest absolute Gasteiger partial charge is 0.113 e. The van der Waals surface area contributed by atoms with Crippen LogP contribution in [0.25, 0.3) is 0 Å². The highest BCUT2D eigenvalue weighted by Crippen LogP contribution is 2.34. The summed E-state index contributed by atoms with van der Waals surface area (Å²) in [4.78, 5) is 0. The van der Waals surface area contributed by atoms with E-state index in [4.69, 9.17) is 4.42 Å². The van der Waals surface area contributed by atoms with E-state index in [9.17, 15) is 0 Å². The summed E-state index contributed by atoms with van der Waals surface area (Å²) in [7, 11) is 0. The first kappa shape index (κ1) is 13.0. The van der Waals surface area contributed by atoms with Crippen LogP contribution in [0.3, 0.4) is 0 Å². The van der Waals surface area contributed by atoms with E-state index in [1.165, 1.54) is 19.3 Å². The van der Waals surface area contributed by atoms with Gasteiger partial charge in [0.05, 0.1) is 12.0 Å². The molecule has 1 heterocycles. The molecule has 0 aromatic carbocycles. The van der Waals surface area contributed by atoms with Crippen molar-refractivity contribution in [3.05, 3.63) is 24.2 Å². The maximum absolute atomic E-state index is 5.41. The van der Waals surface area contributed by atoms with Crippen LogP contribution in [0.15, 0.2) is 22.8 Å². The third kappa shape index (κ3) is 3.78. The van der Waals surface area contributed by atoms with Gasteiger partial charge in [0.15, 0.2) is 0 Å². The summed E-state index contributed by atoms with van der Waals surface area (Å²) in [5.74, 6) is 2.98. The zero-order valence-electron chi connectivity index (χ0n) is 10.8. The Kier molecular flexibility index (Phi) is 4.99. The fourth-order valence-corrected chi connectivity index (χ4v) is 4.06. The Morgan fingerprint density at radius 3 is 3.06 bits per heavy atom. The monoisotopic (exact) mass is 253 g/mol. The van der Waals surface area contributed by atoms with Gasteiger partial charge < -0.3 is 9.73 Å². The Balaban J connectivity index is 1.86. The van der Waals surface area contributed by atoms with Crippen LogP contribution in [0.5, 0.6) is 0 Å². The van der Waals surface area contributed by atoms with Crippen LogP contribution >= 0.6 is 11.8 Å². The van der Waals surface area contributed by atoms with E-state index in [0.29, 0.717) is 6.04 Å². The van der Waals surface area contributed by atoms with E-state index in [1.54, 1.807) is 6.26 Å². The first-order valence-corrected chi connectivity index (χ1v) is 7.71. The van der Waals surface area contributed by atoms with Crippen LogP contribution in [-0.2, 0) is 5.75 Å². The van der Waals surface area contributed by atoms with Crippen molar-refractivity contribution in [3.8, 4) is 0 Å². The maximum atomic E-state index is 5.41. The van der Waals surface area contributed by atoms with Crippen LogP contribution in [-0.4, -0.2) is 17.8 Å². The van der Waals surface area contributed by atoms with Gasteiger partial charge in [0, 0.05) is 11.3 Å². The predicted molar refractivity (Wildman–Crippen MR) is 74.3 cm³/mol. The second kappa shape index (κ2) is 6.50. The van der Waals surface area contributed by atoms with Crippen molar-refractivity contribution >= 4 is 11.8 Å². The molecule has 1 saturated carbocycles. The molecule has 1 aromatic rings. The van der Waals surface area contributed by atoms with Gasteiger partial charge >= 0.3 is 0 Å². The number of nitrogens with one attached hydrogen (secondary N) is 1. The summed E-state index contributed by atoms with van der Waals surface area (Å²) in [5.41, 5.74) is 0. The van der Waals surface area contributed by atoms with E-state index < -0.39 is 0 Å². The highest BCUT2D eigenvalue weighted by molar-refractivity contribution is 7.99. The van der Waals surface area contributed by atoms with Gasteiger partial charge in [0.2, 0.25) is 0 Å². The Labute approximate surface area is 109 Å². The zero-order chi connectivity index (χ0) is 12.1. The van der Waals surface area contributed by atoms with Crippen molar-refractivity contribution in [1.82, 2.24) is 5.32 Å². The van der Waals surface area contributed by atoms with E-state index in [2.05, 4.69) is 37.0 Å². The average molecular weight is 253 g/mol. The molecule has 0 radical (unpaired) electrons. The minimum absolute atomic E-state index is 0.691. The van der Waals surface area contributed by atoms with Crippen molar-refractivity contribution in [3.63, 3.8) is 0 Å². The summed E-state index contributed by atoms with van der Waals surface area (Å²) in [5, 5.41) is 4.37. The molecule has 3 heteroatoms. The highest BCUT2D eigenvalue weighted by atomic mass is 32.2. The van der Waals surface area contributed by atoms with E-state index in [0.717, 1.165) is 29.2 Å². The molecule has 17 heavy (non-hydrogen) atoms. The molecule has 1 fully saturated rings. The fraction of sp³-hybridized carbons (Fsp3) is 0.714. The van der Waals surface area contributed by atoms with Gasteiger partial charge in [-0.3, -0.25) is 0 Å². The zero-order valence-corrected chi connectivity index (χ0v) is 11.6. The molecule has 0 aliphatic heterocycles. The minimum Gasteiger partial charge on any atom is -0.468 e. The SMILES string of the molecule is CCNC1CCC(C)CC1SCc1ccco1. The Hall–Kier alpha value is -0.410. The Morgan fingerprint density at radius 1 is 1.47 bits per heavy atom. The predicted octanol–water partition coefficient (Wildman–Crippen LogP) is 3.68. The Morgan fingerprint density at radius 2 is 2.35 bits per heavy atom. The van der Waals surface area contributed by atoms with Crippen molar-refractivity contribution < 1.29 is 4.42 Å². The standard InChI is InChI=1S/C14H23NOS/c1-3-15-13-7-6-11(2)9-14(13)17-10-12-5-4-8-16-12/h4-5,8,11,13-15H,3,6-7,9-10H2,1-2H3. The number of rotatable bonds is 5. The van der Waals surface area contributed by atoms with Gasteiger partial charge in [-0.25, -0.2) is 0 Å². The number of thioether (sulfide) groups is 1. The lowest BCUT2D eigenvalue weighted by molar-refractivity contribution is 0.320. The highest BCUT2D eigenvalue weighted by Gasteiger charge is 2.28. The van der Waals surface area contributed by atoms with E-state index >= 15 is 0 Å². The molecule has 1 N–H and O–H groups in total. The second-order valence-corrected chi connectivity index (χ2v) is 6.24. The van der Waals surface area contributed by atoms with Crippen molar-refractivity contribution in [2.24, 2.45) is 5.92 Å². The van der Waals surface area contributed by atoms with E-state index in [1.807, 2.05) is 6.07 Å². The summed E-state index contributed by atoms with van der Waals surface area (Å²) >= 11 is 2.05. The van der Waals surface area contributed by atoms with Gasteiger partial charge in [0.1, 0.15) is 5.76 Å². The summed E-state index contributed by atoms with van der Waals surface area (Å²) in [6, 6.07) is 4.74. The number of furan rings is 1. The van der Waals surface area contributed by atoms with Gasteiger partial charge in [-0.15, -0.1) is 11.8 Å². The molecule has 0 spiro atoms. The first-order chi connectivity index (χ1) is 8.29. The molecule has 2 nitrogen and oxygen atoms in total. The van der Waals surface area contributed by atoms with Crippen LogP contribution in [0.2, 0.25) is 0 Å². The molecule has 96 valence electrons. The second-order valence-electron chi connectivity index (χ2n) is 5.01. The normalized spacial score (nSPS) is 29.4. The molecular weight excluding hydrogens is 230 g/mol. The summed E-state index contributed by atoms with van der Waals surface area (Å²) in [6.07, 6.45) is 5.80. The van der Waals surface area contributed by atoms with Crippen LogP contribution in [0, 0.1) is 5.92 Å². The third-order valence-electron chi connectivity index (χ3n) is 3.54. The number of hydrogen-bond donors (Lipinski definition) is 1. The molecular formula is C14H23NOS. The lowest BCUT2D eigenvalue weighted by atomic mass is 9.87.